The van der Waals surface area contributed by atoms with Crippen molar-refractivity contribution in [3.63, 3.8) is 0 Å². The number of aromatic nitrogens is 3. The summed E-state index contributed by atoms with van der Waals surface area (Å²) in [4.78, 5) is 0. The number of hydrogen-bond acceptors (Lipinski definition) is 0. The van der Waals surface area contributed by atoms with Crippen LogP contribution in [0.4, 0.5) is 0 Å². The predicted molar refractivity (Wildman–Crippen MR) is 524 cm³/mol. The first-order valence-electron chi connectivity index (χ1n) is 46.0. The van der Waals surface area contributed by atoms with Crippen LogP contribution in [0, 0.1) is 27.7 Å². The number of nitrogens with zero attached hydrogens (tertiary/aromatic N) is 3. The molecule has 610 valence electrons. The van der Waals surface area contributed by atoms with Crippen LogP contribution in [0.1, 0.15) is 197 Å². The van der Waals surface area contributed by atoms with Gasteiger partial charge in [0.1, 0.15) is 45.4 Å². The van der Waals surface area contributed by atoms with Crippen LogP contribution in [0.15, 0.2) is 316 Å². The van der Waals surface area contributed by atoms with Crippen molar-refractivity contribution in [2.24, 2.45) is 21.1 Å². The summed E-state index contributed by atoms with van der Waals surface area (Å²) in [5.74, 6) is 2.83. The highest BCUT2D eigenvalue weighted by Crippen LogP contribution is 2.45. The molecule has 0 saturated heterocycles. The van der Waals surface area contributed by atoms with Gasteiger partial charge in [-0.05, 0) is 246 Å². The lowest BCUT2D eigenvalue weighted by Crippen LogP contribution is -2.64. The third-order valence-corrected chi connectivity index (χ3v) is 43.0. The van der Waals surface area contributed by atoms with Crippen molar-refractivity contribution in [1.82, 2.24) is 0 Å². The summed E-state index contributed by atoms with van der Waals surface area (Å²) in [7, 11) is 0.151. The van der Waals surface area contributed by atoms with E-state index in [1.165, 1.54) is 275 Å². The maximum Gasteiger partial charge on any atom is 0.220 e. The van der Waals surface area contributed by atoms with Crippen LogP contribution in [0.2, 0.25) is 19.6 Å². The van der Waals surface area contributed by atoms with Crippen molar-refractivity contribution in [2.45, 2.75) is 199 Å². The molecule has 0 atom stereocenters. The molecular weight excluding hydrogens is 1510 g/mol. The Balaban J connectivity index is 0.000000130. The van der Waals surface area contributed by atoms with Crippen LogP contribution >= 0.6 is 0 Å². The van der Waals surface area contributed by atoms with Gasteiger partial charge in [0.15, 0.2) is 18.6 Å². The lowest BCUT2D eigenvalue weighted by molar-refractivity contribution is -0.659. The molecule has 4 aliphatic carbocycles. The molecule has 19 rings (SSSR count). The van der Waals surface area contributed by atoms with Gasteiger partial charge < -0.3 is 0 Å². The lowest BCUT2D eigenvalue weighted by atomic mass is 9.76. The Kier molecular flexibility index (Phi) is 25.1. The fourth-order valence-corrected chi connectivity index (χ4v) is 32.8. The Bertz CT molecular complexity index is 6000. The molecule has 4 aliphatic rings. The maximum absolute atomic E-state index is 2.66. The minimum absolute atomic E-state index is 0.701. The third kappa shape index (κ3) is 16.8. The molecule has 4 saturated carbocycles. The van der Waals surface area contributed by atoms with Crippen molar-refractivity contribution in [1.29, 1.82) is 0 Å². The van der Waals surface area contributed by atoms with E-state index in [0.29, 0.717) is 23.7 Å². The van der Waals surface area contributed by atoms with Crippen LogP contribution in [0.3, 0.4) is 0 Å². The molecule has 12 aromatic carbocycles. The molecular formula is C115H126N3Si3+3. The van der Waals surface area contributed by atoms with Gasteiger partial charge in [-0.1, -0.05) is 339 Å². The van der Waals surface area contributed by atoms with Crippen molar-refractivity contribution in [3.8, 4) is 33.8 Å². The molecule has 121 heavy (non-hydrogen) atoms. The van der Waals surface area contributed by atoms with Gasteiger partial charge in [-0.3, -0.25) is 0 Å². The molecule has 3 aromatic heterocycles. The molecule has 3 heterocycles. The monoisotopic (exact) mass is 1630 g/mol. The number of aryl methyl sites for hydroxylation is 5. The second kappa shape index (κ2) is 36.7. The molecule has 3 nitrogen and oxygen atoms in total. The van der Waals surface area contributed by atoms with Crippen LogP contribution < -0.4 is 60.4 Å². The number of rotatable bonds is 16. The average Bonchev–Trinajstić information content (AvgIpc) is 0.739. The largest absolute Gasteiger partial charge is 0.220 e. The number of hydrogen-bond donors (Lipinski definition) is 0. The van der Waals surface area contributed by atoms with E-state index < -0.39 is 24.2 Å². The quantitative estimate of drug-likeness (QED) is 0.0519. The van der Waals surface area contributed by atoms with Crippen molar-refractivity contribution in [2.75, 3.05) is 0 Å². The van der Waals surface area contributed by atoms with Crippen LogP contribution in [-0.4, -0.2) is 24.2 Å². The van der Waals surface area contributed by atoms with E-state index in [0.717, 1.165) is 0 Å². The van der Waals surface area contributed by atoms with E-state index in [2.05, 4.69) is 398 Å². The summed E-state index contributed by atoms with van der Waals surface area (Å²) in [6.45, 7) is 16.8. The molecule has 0 N–H and O–H groups in total. The first-order valence-corrected chi connectivity index (χ1v) is 53.5. The molecule has 4 fully saturated rings. The summed E-state index contributed by atoms with van der Waals surface area (Å²) in [6, 6.07) is 113. The first kappa shape index (κ1) is 82.8. The van der Waals surface area contributed by atoms with Crippen LogP contribution in [0.5, 0.6) is 0 Å². The first-order chi connectivity index (χ1) is 59.1. The van der Waals surface area contributed by atoms with Crippen LogP contribution in [0.25, 0.3) is 66.1 Å². The highest BCUT2D eigenvalue weighted by atomic mass is 28.3. The van der Waals surface area contributed by atoms with Crippen molar-refractivity contribution >= 4 is 103 Å². The molecule has 0 bridgehead atoms. The van der Waals surface area contributed by atoms with Gasteiger partial charge in [-0.25, -0.2) is 13.7 Å². The van der Waals surface area contributed by atoms with Crippen LogP contribution in [-0.2, 0) is 21.1 Å². The van der Waals surface area contributed by atoms with Crippen molar-refractivity contribution < 1.29 is 13.7 Å². The summed E-state index contributed by atoms with van der Waals surface area (Å²) in [5, 5.41) is 21.1. The number of benzene rings is 12. The smallest absolute Gasteiger partial charge is 0.200 e. The van der Waals surface area contributed by atoms with E-state index in [9.17, 15) is 0 Å². The summed E-state index contributed by atoms with van der Waals surface area (Å²) < 4.78 is 7.05. The SMILES string of the molecule is Cc1c(-c2c3ccc([Si](C)(c4ccccc4)c4ccccc4)cc3cc[n+]2C)cc(C2CCCCC2)cc1C1CCCCC1.Cc1cc(C2CCCCC2)cc(-c2c3ccc([Si](C)(c4ccccc4)c4ccccc4)cc3cc[n+]2C)c1C.Cc1ccc(C2CCCCC2)cc1-c1c2ccc([Si](C)(c3ccccc3)c3ccccc3)cc2cc[n+]1C. The Labute approximate surface area is 726 Å². The second-order valence-corrected chi connectivity index (χ2v) is 49.0. The van der Waals surface area contributed by atoms with Gasteiger partial charge in [0.25, 0.3) is 0 Å². The predicted octanol–water partition coefficient (Wildman–Crippen LogP) is 22.7. The second-order valence-electron chi connectivity index (χ2n) is 37.0. The normalized spacial score (nSPS) is 15.4. The fourth-order valence-electron chi connectivity index (χ4n) is 22.1. The summed E-state index contributed by atoms with van der Waals surface area (Å²) >= 11 is 0. The molecule has 6 heteroatoms. The molecule has 0 aliphatic heterocycles. The molecule has 0 amide bonds. The zero-order chi connectivity index (χ0) is 83.2. The Morgan fingerprint density at radius 1 is 0.231 bits per heavy atom. The number of fused-ring (bicyclic) bond motifs is 3. The van der Waals surface area contributed by atoms with Gasteiger partial charge in [-0.2, -0.15) is 0 Å². The van der Waals surface area contributed by atoms with Gasteiger partial charge in [0.05, 0.1) is 27.3 Å². The standard InChI is InChI=1S/C42H48NSi.C37H40NSi.C36H38NSi/c1-31-40(33-18-10-5-11-19-33)29-35(32-16-8-4-9-17-32)30-41(31)42-39-25-24-38(28-34(39)26-27-43(42)2)44(3,36-20-12-6-13-21-36)37-22-14-7-15-23-37;1-27-24-31(29-14-8-5-9-15-29)26-36(28(27)2)37-35-21-20-34(25-30(35)22-23-38(37)3)39(4,32-16-10-6-11-17-32)33-18-12-7-13-19-33;1-27-19-20-29(28-13-7-4-8-14-28)26-35(27)36-34-22-21-33(25-30(34)23-24-37(36)2)38(3,31-15-9-5-10-16-31)32-17-11-6-12-18-32/h6-7,12-15,20-30,32-33H,4-5,8-11,16-19H2,1-3H3;6-7,10-13,16-26,29H,5,8-9,14-15H2,1-4H3;5-6,9-12,15-26,28H,4,7-8,13-14H2,1-3H3/q3*+1. The topological polar surface area (TPSA) is 11.6 Å². The van der Waals surface area contributed by atoms with E-state index in [-0.39, 0.29) is 0 Å². The third-order valence-electron chi connectivity index (χ3n) is 29.7. The zero-order valence-corrected chi connectivity index (χ0v) is 76.8. The number of pyridine rings is 3. The highest BCUT2D eigenvalue weighted by molar-refractivity contribution is 7.12. The lowest BCUT2D eigenvalue weighted by Gasteiger charge is -2.30. The van der Waals surface area contributed by atoms with E-state index in [1.54, 1.807) is 11.1 Å². The Morgan fingerprint density at radius 2 is 0.512 bits per heavy atom. The van der Waals surface area contributed by atoms with E-state index >= 15 is 0 Å². The van der Waals surface area contributed by atoms with Gasteiger partial charge in [0, 0.05) is 23.8 Å². The Morgan fingerprint density at radius 3 is 0.843 bits per heavy atom. The fraction of sp³-hybridized carbons (Fsp3) is 0.296. The Hall–Kier alpha value is -10.5. The minimum atomic E-state index is -2.19. The maximum atomic E-state index is 2.66. The molecule has 0 unspecified atom stereocenters. The molecule has 15 aromatic rings. The minimum Gasteiger partial charge on any atom is -0.200 e. The molecule has 0 spiro atoms. The molecule has 0 radical (unpaired) electrons. The highest BCUT2D eigenvalue weighted by Gasteiger charge is 2.39. The van der Waals surface area contributed by atoms with E-state index in [1.807, 2.05) is 0 Å². The van der Waals surface area contributed by atoms with Gasteiger partial charge in [0.2, 0.25) is 17.1 Å². The van der Waals surface area contributed by atoms with Gasteiger partial charge >= 0.3 is 0 Å². The van der Waals surface area contributed by atoms with Crippen molar-refractivity contribution in [3.05, 3.63) is 360 Å². The van der Waals surface area contributed by atoms with Gasteiger partial charge in [-0.15, -0.1) is 0 Å². The zero-order valence-electron chi connectivity index (χ0n) is 73.8. The van der Waals surface area contributed by atoms with E-state index in [4.69, 9.17) is 0 Å². The summed E-state index contributed by atoms with van der Waals surface area (Å²) in [6.07, 6.45) is 34.1. The summed E-state index contributed by atoms with van der Waals surface area (Å²) in [5.41, 5.74) is 20.2. The average molecular weight is 1630 g/mol.